The zero-order valence-corrected chi connectivity index (χ0v) is 6.56. The number of anilines is 1. The third-order valence-electron chi connectivity index (χ3n) is 0.960. The second-order valence-corrected chi connectivity index (χ2v) is 2.93. The third-order valence-corrected chi connectivity index (χ3v) is 1.62. The summed E-state index contributed by atoms with van der Waals surface area (Å²) >= 11 is 1.08. The molecule has 5 N–H and O–H groups in total. The maximum atomic E-state index is 6.96. The van der Waals surface area contributed by atoms with Crippen LogP contribution in [-0.4, -0.2) is 10.2 Å². The van der Waals surface area contributed by atoms with Crippen molar-refractivity contribution in [2.45, 2.75) is 5.03 Å². The summed E-state index contributed by atoms with van der Waals surface area (Å²) in [7, 11) is 0. The van der Waals surface area contributed by atoms with Gasteiger partial charge < -0.3 is 11.5 Å². The maximum absolute atomic E-state index is 6.96. The predicted molar refractivity (Wildman–Crippen MR) is 46.4 cm³/mol. The number of hydrogen-bond acceptors (Lipinski definition) is 4. The molecule has 0 fully saturated rings. The van der Waals surface area contributed by atoms with Gasteiger partial charge in [0, 0.05) is 0 Å². The van der Waals surface area contributed by atoms with Gasteiger partial charge in [-0.2, -0.15) is 0 Å². The van der Waals surface area contributed by atoms with Crippen LogP contribution in [0.5, 0.6) is 0 Å². The van der Waals surface area contributed by atoms with E-state index in [2.05, 4.69) is 4.98 Å². The molecular weight excluding hydrogens is 160 g/mol. The number of amidine groups is 1. The molecule has 0 aliphatic carbocycles. The molecule has 0 spiro atoms. The van der Waals surface area contributed by atoms with Crippen LogP contribution in [0, 0.1) is 5.41 Å². The third kappa shape index (κ3) is 2.46. The topological polar surface area (TPSA) is 88.8 Å². The van der Waals surface area contributed by atoms with E-state index in [0.29, 0.717) is 10.8 Å². The summed E-state index contributed by atoms with van der Waals surface area (Å²) in [5, 5.41) is 7.63. The molecule has 1 heterocycles. The Morgan fingerprint density at radius 3 is 2.82 bits per heavy atom. The maximum Gasteiger partial charge on any atom is 0.157 e. The number of hydrogen-bond donors (Lipinski definition) is 3. The fourth-order valence-corrected chi connectivity index (χ4v) is 1.12. The Labute approximate surface area is 68.5 Å². The SMILES string of the molecule is N=C(N)Sc1cccc(N)n1. The number of aromatic nitrogens is 1. The summed E-state index contributed by atoms with van der Waals surface area (Å²) in [6.45, 7) is 0. The monoisotopic (exact) mass is 168 g/mol. The molecule has 1 aromatic heterocycles. The first-order chi connectivity index (χ1) is 5.18. The summed E-state index contributed by atoms with van der Waals surface area (Å²) < 4.78 is 0. The van der Waals surface area contributed by atoms with Crippen LogP contribution in [0.15, 0.2) is 23.2 Å². The average molecular weight is 168 g/mol. The van der Waals surface area contributed by atoms with Crippen LogP contribution < -0.4 is 11.5 Å². The van der Waals surface area contributed by atoms with Crippen LogP contribution in [0.2, 0.25) is 0 Å². The van der Waals surface area contributed by atoms with E-state index >= 15 is 0 Å². The summed E-state index contributed by atoms with van der Waals surface area (Å²) in [5.74, 6) is 0.441. The Hall–Kier alpha value is -1.23. The summed E-state index contributed by atoms with van der Waals surface area (Å²) in [5.41, 5.74) is 10.5. The van der Waals surface area contributed by atoms with Gasteiger partial charge in [-0.3, -0.25) is 5.41 Å². The predicted octanol–water partition coefficient (Wildman–Crippen LogP) is 0.649. The molecule has 4 nitrogen and oxygen atoms in total. The van der Waals surface area contributed by atoms with Crippen LogP contribution in [0.25, 0.3) is 0 Å². The van der Waals surface area contributed by atoms with Crippen molar-refractivity contribution in [2.75, 3.05) is 5.73 Å². The van der Waals surface area contributed by atoms with Crippen LogP contribution in [0.3, 0.4) is 0 Å². The van der Waals surface area contributed by atoms with Gasteiger partial charge in [0.05, 0.1) is 0 Å². The highest BCUT2D eigenvalue weighted by Gasteiger charge is 1.96. The highest BCUT2D eigenvalue weighted by molar-refractivity contribution is 8.13. The number of nitrogens with two attached hydrogens (primary N) is 2. The molecule has 0 saturated heterocycles. The van der Waals surface area contributed by atoms with Crippen molar-refractivity contribution in [3.8, 4) is 0 Å². The number of nitrogens with zero attached hydrogens (tertiary/aromatic N) is 1. The summed E-state index contributed by atoms with van der Waals surface area (Å²) in [4.78, 5) is 3.93. The van der Waals surface area contributed by atoms with E-state index in [4.69, 9.17) is 16.9 Å². The number of thioether (sulfide) groups is 1. The largest absolute Gasteiger partial charge is 0.384 e. The van der Waals surface area contributed by atoms with Crippen LogP contribution in [0.4, 0.5) is 5.82 Å². The van der Waals surface area contributed by atoms with Gasteiger partial charge >= 0.3 is 0 Å². The number of nitrogen functional groups attached to an aromatic ring is 1. The second kappa shape index (κ2) is 3.25. The van der Waals surface area contributed by atoms with Crippen molar-refractivity contribution >= 4 is 22.7 Å². The van der Waals surface area contributed by atoms with Crippen molar-refractivity contribution in [3.05, 3.63) is 18.2 Å². The van der Waals surface area contributed by atoms with Crippen molar-refractivity contribution in [1.82, 2.24) is 4.98 Å². The average Bonchev–Trinajstić information content (AvgIpc) is 1.85. The fourth-order valence-electron chi connectivity index (χ4n) is 0.600. The van der Waals surface area contributed by atoms with Crippen LogP contribution in [-0.2, 0) is 0 Å². The first kappa shape index (κ1) is 7.87. The minimum Gasteiger partial charge on any atom is -0.384 e. The second-order valence-electron chi connectivity index (χ2n) is 1.87. The Morgan fingerprint density at radius 2 is 2.27 bits per heavy atom. The normalized spacial score (nSPS) is 9.45. The number of rotatable bonds is 1. The van der Waals surface area contributed by atoms with Crippen molar-refractivity contribution in [2.24, 2.45) is 5.73 Å². The Morgan fingerprint density at radius 1 is 1.55 bits per heavy atom. The molecule has 0 aliphatic rings. The van der Waals surface area contributed by atoms with E-state index in [1.807, 2.05) is 0 Å². The molecule has 11 heavy (non-hydrogen) atoms. The van der Waals surface area contributed by atoms with Gasteiger partial charge in [-0.25, -0.2) is 4.98 Å². The van der Waals surface area contributed by atoms with Crippen LogP contribution in [0.1, 0.15) is 0 Å². The quantitative estimate of drug-likeness (QED) is 0.326. The minimum atomic E-state index is 0.0168. The lowest BCUT2D eigenvalue weighted by Crippen LogP contribution is -2.03. The molecule has 1 rings (SSSR count). The molecule has 1 aromatic rings. The molecule has 5 heteroatoms. The molecule has 0 atom stereocenters. The van der Waals surface area contributed by atoms with Crippen molar-refractivity contribution in [1.29, 1.82) is 5.41 Å². The summed E-state index contributed by atoms with van der Waals surface area (Å²) in [6, 6.07) is 5.21. The van der Waals surface area contributed by atoms with E-state index in [9.17, 15) is 0 Å². The van der Waals surface area contributed by atoms with E-state index in [0.717, 1.165) is 11.8 Å². The zero-order valence-electron chi connectivity index (χ0n) is 5.74. The lowest BCUT2D eigenvalue weighted by molar-refractivity contribution is 1.15. The van der Waals surface area contributed by atoms with Gasteiger partial charge in [-0.05, 0) is 23.9 Å². The molecule has 0 saturated carbocycles. The lowest BCUT2D eigenvalue weighted by Gasteiger charge is -1.97. The van der Waals surface area contributed by atoms with Gasteiger partial charge in [-0.15, -0.1) is 0 Å². The van der Waals surface area contributed by atoms with Gasteiger partial charge in [0.15, 0.2) is 5.17 Å². The van der Waals surface area contributed by atoms with E-state index in [-0.39, 0.29) is 5.17 Å². The fraction of sp³-hybridized carbons (Fsp3) is 0. The smallest absolute Gasteiger partial charge is 0.157 e. The van der Waals surface area contributed by atoms with Crippen molar-refractivity contribution < 1.29 is 0 Å². The van der Waals surface area contributed by atoms with Crippen molar-refractivity contribution in [3.63, 3.8) is 0 Å². The molecule has 0 radical (unpaired) electrons. The lowest BCUT2D eigenvalue weighted by atomic mass is 10.5. The minimum absolute atomic E-state index is 0.0168. The number of nitrogens with one attached hydrogen (secondary N) is 1. The first-order valence-corrected chi connectivity index (χ1v) is 3.74. The molecular formula is C6H8N4S. The summed E-state index contributed by atoms with van der Waals surface area (Å²) in [6.07, 6.45) is 0. The van der Waals surface area contributed by atoms with Gasteiger partial charge in [0.25, 0.3) is 0 Å². The zero-order chi connectivity index (χ0) is 8.27. The van der Waals surface area contributed by atoms with Gasteiger partial charge in [0.2, 0.25) is 0 Å². The van der Waals surface area contributed by atoms with Gasteiger partial charge in [-0.1, -0.05) is 6.07 Å². The molecule has 58 valence electrons. The Balaban J connectivity index is 2.79. The molecule has 0 bridgehead atoms. The molecule has 0 aromatic carbocycles. The first-order valence-electron chi connectivity index (χ1n) is 2.93. The molecule has 0 unspecified atom stereocenters. The van der Waals surface area contributed by atoms with E-state index < -0.39 is 0 Å². The standard InChI is InChI=1S/C6H8N4S/c7-4-2-1-3-5(10-4)11-6(8)9/h1-3H,(H2,7,10)(H3,8,9). The van der Waals surface area contributed by atoms with E-state index in [1.54, 1.807) is 18.2 Å². The Kier molecular flexibility index (Phi) is 2.32. The number of pyridine rings is 1. The van der Waals surface area contributed by atoms with Gasteiger partial charge in [0.1, 0.15) is 10.8 Å². The highest BCUT2D eigenvalue weighted by Crippen LogP contribution is 2.14. The molecule has 0 aliphatic heterocycles. The molecule has 0 amide bonds. The van der Waals surface area contributed by atoms with Crippen LogP contribution >= 0.6 is 11.8 Å². The Bertz CT molecular complexity index is 273. The van der Waals surface area contributed by atoms with E-state index in [1.165, 1.54) is 0 Å². The highest BCUT2D eigenvalue weighted by atomic mass is 32.2.